The first kappa shape index (κ1) is 12.0. The normalized spacial score (nSPS) is 12.1. The molecule has 2 rings (SSSR count). The summed E-state index contributed by atoms with van der Waals surface area (Å²) in [5.74, 6) is 0. The average Bonchev–Trinajstić information content (AvgIpc) is 2.39. The molecule has 0 aromatic heterocycles. The lowest BCUT2D eigenvalue weighted by atomic mass is 10.2. The maximum absolute atomic E-state index is 12.2. The summed E-state index contributed by atoms with van der Waals surface area (Å²) in [4.78, 5) is 11.7. The fraction of sp³-hybridized carbons (Fsp3) is 0. The van der Waals surface area contributed by atoms with Gasteiger partial charge in [0.1, 0.15) is 6.29 Å². The lowest BCUT2D eigenvalue weighted by Gasteiger charge is -2.04. The molecule has 2 nitrogen and oxygen atoms in total. The van der Waals surface area contributed by atoms with Crippen LogP contribution in [0.5, 0.6) is 0 Å². The molecule has 17 heavy (non-hydrogen) atoms. The number of carbonyl (C=O) groups is 1. The van der Waals surface area contributed by atoms with Crippen LogP contribution < -0.4 is 0 Å². The van der Waals surface area contributed by atoms with Gasteiger partial charge < -0.3 is 0 Å². The lowest BCUT2D eigenvalue weighted by Crippen LogP contribution is -1.94. The third kappa shape index (κ3) is 2.62. The highest BCUT2D eigenvalue weighted by atomic mass is 35.5. The number of carbonyl (C=O) groups excluding carboxylic acids is 1. The van der Waals surface area contributed by atoms with Crippen molar-refractivity contribution < 1.29 is 9.00 Å². The third-order valence-corrected chi connectivity index (χ3v) is 4.16. The maximum atomic E-state index is 12.2. The summed E-state index contributed by atoms with van der Waals surface area (Å²) in [6.45, 7) is 0. The van der Waals surface area contributed by atoms with E-state index in [4.69, 9.17) is 11.6 Å². The number of hydrogen-bond donors (Lipinski definition) is 0. The van der Waals surface area contributed by atoms with Crippen molar-refractivity contribution in [1.29, 1.82) is 0 Å². The first-order valence-corrected chi connectivity index (χ1v) is 6.46. The summed E-state index contributed by atoms with van der Waals surface area (Å²) in [5, 5.41) is 0.477. The van der Waals surface area contributed by atoms with E-state index in [9.17, 15) is 9.00 Å². The Labute approximate surface area is 107 Å². The highest BCUT2D eigenvalue weighted by Gasteiger charge is 2.10. The largest absolute Gasteiger partial charge is 0.298 e. The van der Waals surface area contributed by atoms with E-state index in [0.717, 1.165) is 6.29 Å². The van der Waals surface area contributed by atoms with Crippen molar-refractivity contribution in [2.75, 3.05) is 0 Å². The zero-order chi connectivity index (χ0) is 12.3. The number of aldehydes is 1. The predicted molar refractivity (Wildman–Crippen MR) is 68.0 cm³/mol. The number of halogens is 1. The molecule has 0 heterocycles. The minimum absolute atomic E-state index is 0.477. The summed E-state index contributed by atoms with van der Waals surface area (Å²) in [7, 11) is -1.32. The smallest absolute Gasteiger partial charge is 0.150 e. The van der Waals surface area contributed by atoms with Crippen molar-refractivity contribution in [3.63, 3.8) is 0 Å². The van der Waals surface area contributed by atoms with Gasteiger partial charge in [0.15, 0.2) is 0 Å². The Morgan fingerprint density at radius 1 is 1.00 bits per heavy atom. The van der Waals surface area contributed by atoms with Crippen LogP contribution in [-0.4, -0.2) is 10.5 Å². The molecule has 0 saturated carbocycles. The molecule has 2 aromatic carbocycles. The van der Waals surface area contributed by atoms with Crippen LogP contribution in [0.3, 0.4) is 0 Å². The fourth-order valence-corrected chi connectivity index (χ4v) is 2.82. The Balaban J connectivity index is 2.37. The van der Waals surface area contributed by atoms with Gasteiger partial charge in [0.05, 0.1) is 20.7 Å². The molecular weight excluding hydrogens is 256 g/mol. The van der Waals surface area contributed by atoms with Gasteiger partial charge in [-0.25, -0.2) is 4.21 Å². The standard InChI is InChI=1S/C13H9ClO2S/c14-12-3-1-2-4-13(12)17(16)11-7-5-10(9-15)6-8-11/h1-9H. The zero-order valence-corrected chi connectivity index (χ0v) is 10.4. The van der Waals surface area contributed by atoms with Crippen LogP contribution in [0.2, 0.25) is 5.02 Å². The quantitative estimate of drug-likeness (QED) is 0.797. The van der Waals surface area contributed by atoms with Crippen LogP contribution in [0.4, 0.5) is 0 Å². The topological polar surface area (TPSA) is 34.1 Å². The van der Waals surface area contributed by atoms with E-state index in [0.29, 0.717) is 20.4 Å². The molecule has 0 spiro atoms. The second-order valence-electron chi connectivity index (χ2n) is 3.39. The zero-order valence-electron chi connectivity index (χ0n) is 8.80. The molecule has 0 aliphatic rings. The summed E-state index contributed by atoms with van der Waals surface area (Å²) in [6.07, 6.45) is 0.752. The third-order valence-electron chi connectivity index (χ3n) is 2.27. The monoisotopic (exact) mass is 264 g/mol. The van der Waals surface area contributed by atoms with Crippen molar-refractivity contribution in [3.8, 4) is 0 Å². The van der Waals surface area contributed by atoms with Crippen molar-refractivity contribution in [1.82, 2.24) is 0 Å². The van der Waals surface area contributed by atoms with Gasteiger partial charge in [-0.3, -0.25) is 4.79 Å². The molecule has 0 amide bonds. The van der Waals surface area contributed by atoms with Crippen molar-refractivity contribution in [2.45, 2.75) is 9.79 Å². The molecule has 0 bridgehead atoms. The number of benzene rings is 2. The molecular formula is C13H9ClO2S. The van der Waals surface area contributed by atoms with E-state index in [2.05, 4.69) is 0 Å². The van der Waals surface area contributed by atoms with Gasteiger partial charge in [-0.1, -0.05) is 35.9 Å². The molecule has 0 fully saturated rings. The Morgan fingerprint density at radius 2 is 1.65 bits per heavy atom. The summed E-state index contributed by atoms with van der Waals surface area (Å²) >= 11 is 5.98. The van der Waals surface area contributed by atoms with Gasteiger partial charge in [-0.05, 0) is 24.3 Å². The highest BCUT2D eigenvalue weighted by Crippen LogP contribution is 2.23. The van der Waals surface area contributed by atoms with Crippen LogP contribution in [0.1, 0.15) is 10.4 Å². The molecule has 2 aromatic rings. The average molecular weight is 265 g/mol. The fourth-order valence-electron chi connectivity index (χ4n) is 1.39. The molecule has 0 aliphatic carbocycles. The van der Waals surface area contributed by atoms with E-state index < -0.39 is 10.8 Å². The Bertz CT molecular complexity index is 564. The van der Waals surface area contributed by atoms with Gasteiger partial charge in [0.25, 0.3) is 0 Å². The van der Waals surface area contributed by atoms with E-state index >= 15 is 0 Å². The SMILES string of the molecule is O=Cc1ccc(S(=O)c2ccccc2Cl)cc1. The molecule has 86 valence electrons. The van der Waals surface area contributed by atoms with Crippen LogP contribution in [0.15, 0.2) is 58.3 Å². The highest BCUT2D eigenvalue weighted by molar-refractivity contribution is 7.85. The van der Waals surface area contributed by atoms with Crippen molar-refractivity contribution in [3.05, 3.63) is 59.1 Å². The lowest BCUT2D eigenvalue weighted by molar-refractivity contribution is 0.112. The predicted octanol–water partition coefficient (Wildman–Crippen LogP) is 3.32. The second-order valence-corrected chi connectivity index (χ2v) is 5.24. The molecule has 0 radical (unpaired) electrons. The Hall–Kier alpha value is -1.45. The van der Waals surface area contributed by atoms with Crippen LogP contribution >= 0.6 is 11.6 Å². The van der Waals surface area contributed by atoms with E-state index in [1.165, 1.54) is 0 Å². The molecule has 0 saturated heterocycles. The molecule has 1 unspecified atom stereocenters. The molecule has 0 aliphatic heterocycles. The van der Waals surface area contributed by atoms with Crippen molar-refractivity contribution in [2.24, 2.45) is 0 Å². The minimum Gasteiger partial charge on any atom is -0.298 e. The Morgan fingerprint density at radius 3 is 2.24 bits per heavy atom. The first-order chi connectivity index (χ1) is 8.22. The molecule has 4 heteroatoms. The molecule has 0 N–H and O–H groups in total. The van der Waals surface area contributed by atoms with E-state index in [1.807, 2.05) is 0 Å². The van der Waals surface area contributed by atoms with Gasteiger partial charge in [-0.2, -0.15) is 0 Å². The molecule has 1 atom stereocenters. The van der Waals surface area contributed by atoms with E-state index in [1.54, 1.807) is 48.5 Å². The van der Waals surface area contributed by atoms with Crippen LogP contribution in [0.25, 0.3) is 0 Å². The van der Waals surface area contributed by atoms with Gasteiger partial charge in [-0.15, -0.1) is 0 Å². The van der Waals surface area contributed by atoms with Crippen LogP contribution in [-0.2, 0) is 10.8 Å². The summed E-state index contributed by atoms with van der Waals surface area (Å²) in [6, 6.07) is 13.6. The summed E-state index contributed by atoms with van der Waals surface area (Å²) < 4.78 is 12.2. The summed E-state index contributed by atoms with van der Waals surface area (Å²) in [5.41, 5.74) is 0.560. The second kappa shape index (κ2) is 5.25. The number of rotatable bonds is 3. The maximum Gasteiger partial charge on any atom is 0.150 e. The van der Waals surface area contributed by atoms with Crippen molar-refractivity contribution >= 4 is 28.7 Å². The minimum atomic E-state index is -1.32. The van der Waals surface area contributed by atoms with Gasteiger partial charge in [0.2, 0.25) is 0 Å². The Kier molecular flexibility index (Phi) is 3.71. The van der Waals surface area contributed by atoms with E-state index in [-0.39, 0.29) is 0 Å². The van der Waals surface area contributed by atoms with Gasteiger partial charge in [0, 0.05) is 10.5 Å². The number of hydrogen-bond acceptors (Lipinski definition) is 2. The first-order valence-electron chi connectivity index (χ1n) is 4.94. The van der Waals surface area contributed by atoms with Crippen LogP contribution in [0, 0.1) is 0 Å². The van der Waals surface area contributed by atoms with Gasteiger partial charge >= 0.3 is 0 Å².